The van der Waals surface area contributed by atoms with Crippen LogP contribution in [0.3, 0.4) is 0 Å². The van der Waals surface area contributed by atoms with Gasteiger partial charge < -0.3 is 5.32 Å². The van der Waals surface area contributed by atoms with Gasteiger partial charge in [0.05, 0.1) is 11.7 Å². The molecule has 4 heteroatoms. The largest absolute Gasteiger partial charge is 0.351 e. The summed E-state index contributed by atoms with van der Waals surface area (Å²) in [7, 11) is 0. The minimum absolute atomic E-state index is 0. The smallest absolute Gasteiger partial charge is 0.262 e. The van der Waals surface area contributed by atoms with Crippen LogP contribution in [0.25, 0.3) is 0 Å². The van der Waals surface area contributed by atoms with Crippen LogP contribution < -0.4 is 5.32 Å². The van der Waals surface area contributed by atoms with E-state index in [0.29, 0.717) is 4.88 Å². The maximum atomic E-state index is 11.2. The summed E-state index contributed by atoms with van der Waals surface area (Å²) in [6.45, 7) is 6.85. The number of nitrogens with one attached hydrogen (secondary N) is 1. The average molecular weight is 216 g/mol. The van der Waals surface area contributed by atoms with Gasteiger partial charge in [0.15, 0.2) is 0 Å². The maximum Gasteiger partial charge on any atom is 0.262 e. The number of hydrogen-bond acceptors (Lipinski definition) is 3. The third-order valence-corrected chi connectivity index (χ3v) is 2.24. The Labute approximate surface area is 91.0 Å². The van der Waals surface area contributed by atoms with Crippen LogP contribution in [0, 0.1) is 0 Å². The summed E-state index contributed by atoms with van der Waals surface area (Å²) in [4.78, 5) is 15.8. The van der Waals surface area contributed by atoms with E-state index in [-0.39, 0.29) is 7.33 Å². The van der Waals surface area contributed by atoms with E-state index in [1.165, 1.54) is 11.3 Å². The first-order chi connectivity index (χ1) is 6.84. The molecule has 0 unspecified atom stereocenters. The fraction of sp³-hybridized carbons (Fsp3) is 0.600. The second-order valence-electron chi connectivity index (χ2n) is 2.48. The molecule has 14 heavy (non-hydrogen) atoms. The zero-order chi connectivity index (χ0) is 10.8. The number of carbonyl (C=O) groups excluding carboxylic acids is 1. The van der Waals surface area contributed by atoms with E-state index < -0.39 is 0 Å². The van der Waals surface area contributed by atoms with Gasteiger partial charge in [0, 0.05) is 7.97 Å². The van der Waals surface area contributed by atoms with Crippen LogP contribution in [-0.4, -0.2) is 17.4 Å². The Morgan fingerprint density at radius 2 is 2.36 bits per heavy atom. The predicted molar refractivity (Wildman–Crippen MR) is 62.8 cm³/mol. The van der Waals surface area contributed by atoms with Crippen LogP contribution >= 0.6 is 11.3 Å². The minimum atomic E-state index is -0.00838. The average Bonchev–Trinajstić information content (AvgIpc) is 2.74. The third-order valence-electron chi connectivity index (χ3n) is 1.47. The molecule has 0 bridgehead atoms. The van der Waals surface area contributed by atoms with E-state index in [4.69, 9.17) is 0 Å². The summed E-state index contributed by atoms with van der Waals surface area (Å²) in [5.41, 5.74) is 1.66. The number of unbranched alkanes of at least 4 members (excludes halogenated alkanes) is 1. The number of rotatable bonds is 4. The van der Waals surface area contributed by atoms with Gasteiger partial charge in [-0.3, -0.25) is 9.78 Å². The van der Waals surface area contributed by atoms with E-state index >= 15 is 0 Å². The molecule has 0 aromatic carbocycles. The Morgan fingerprint density at radius 3 is 2.86 bits per heavy atom. The Hall–Kier alpha value is -0.900. The molecular weight excluding hydrogens is 196 g/mol. The SMILES string of the molecule is CC.CCCCNC(=O)c1cncs1.[HH]. The molecule has 0 aliphatic heterocycles. The van der Waals surface area contributed by atoms with Gasteiger partial charge in [-0.2, -0.15) is 0 Å². The van der Waals surface area contributed by atoms with Gasteiger partial charge in [0.1, 0.15) is 4.88 Å². The Bertz CT molecular complexity index is 240. The molecule has 0 spiro atoms. The number of hydrogen-bond donors (Lipinski definition) is 1. The van der Waals surface area contributed by atoms with Crippen LogP contribution in [0.5, 0.6) is 0 Å². The molecule has 1 aromatic rings. The summed E-state index contributed by atoms with van der Waals surface area (Å²) in [5.74, 6) is -0.00838. The zero-order valence-electron chi connectivity index (χ0n) is 9.04. The van der Waals surface area contributed by atoms with E-state index in [1.54, 1.807) is 11.7 Å². The zero-order valence-corrected chi connectivity index (χ0v) is 9.86. The molecule has 1 rings (SSSR count). The molecule has 1 aromatic heterocycles. The fourth-order valence-corrected chi connectivity index (χ4v) is 1.33. The molecule has 0 saturated heterocycles. The van der Waals surface area contributed by atoms with Gasteiger partial charge in [-0.05, 0) is 6.42 Å². The van der Waals surface area contributed by atoms with Crippen molar-refractivity contribution in [3.8, 4) is 0 Å². The number of aromatic nitrogens is 1. The monoisotopic (exact) mass is 216 g/mol. The Balaban J connectivity index is 0. The highest BCUT2D eigenvalue weighted by atomic mass is 32.1. The second-order valence-corrected chi connectivity index (χ2v) is 3.36. The lowest BCUT2D eigenvalue weighted by molar-refractivity contribution is 0.0957. The van der Waals surface area contributed by atoms with Crippen molar-refractivity contribution in [2.45, 2.75) is 33.6 Å². The van der Waals surface area contributed by atoms with Crippen LogP contribution in [0.4, 0.5) is 0 Å². The summed E-state index contributed by atoms with van der Waals surface area (Å²) in [5, 5.41) is 2.82. The van der Waals surface area contributed by atoms with Crippen molar-refractivity contribution in [1.82, 2.24) is 10.3 Å². The van der Waals surface area contributed by atoms with Gasteiger partial charge >= 0.3 is 0 Å². The van der Waals surface area contributed by atoms with E-state index in [9.17, 15) is 4.79 Å². The number of thiazole rings is 1. The van der Waals surface area contributed by atoms with Crippen LogP contribution in [-0.2, 0) is 0 Å². The number of nitrogens with zero attached hydrogens (tertiary/aromatic N) is 1. The normalized spacial score (nSPS) is 8.79. The summed E-state index contributed by atoms with van der Waals surface area (Å²) < 4.78 is 0. The van der Waals surface area contributed by atoms with E-state index in [0.717, 1.165) is 19.4 Å². The van der Waals surface area contributed by atoms with Crippen molar-refractivity contribution in [2.75, 3.05) is 6.54 Å². The highest BCUT2D eigenvalue weighted by Crippen LogP contribution is 2.04. The van der Waals surface area contributed by atoms with Gasteiger partial charge in [-0.15, -0.1) is 11.3 Å². The third kappa shape index (κ3) is 4.97. The quantitative estimate of drug-likeness (QED) is 0.786. The lowest BCUT2D eigenvalue weighted by atomic mass is 10.3. The summed E-state index contributed by atoms with van der Waals surface area (Å²) in [6.07, 6.45) is 3.72. The van der Waals surface area contributed by atoms with Crippen LogP contribution in [0.1, 0.15) is 44.7 Å². The molecule has 0 aliphatic rings. The van der Waals surface area contributed by atoms with Crippen molar-refractivity contribution in [2.24, 2.45) is 0 Å². The van der Waals surface area contributed by atoms with Crippen molar-refractivity contribution in [3.05, 3.63) is 16.6 Å². The summed E-state index contributed by atoms with van der Waals surface area (Å²) >= 11 is 1.37. The molecule has 0 radical (unpaired) electrons. The van der Waals surface area contributed by atoms with Crippen LogP contribution in [0.15, 0.2) is 11.7 Å². The Kier molecular flexibility index (Phi) is 8.13. The number of amides is 1. The molecule has 0 atom stereocenters. The molecule has 0 saturated carbocycles. The van der Waals surface area contributed by atoms with Crippen molar-refractivity contribution < 1.29 is 6.22 Å². The second kappa shape index (κ2) is 8.69. The molecule has 1 heterocycles. The van der Waals surface area contributed by atoms with E-state index in [2.05, 4.69) is 17.2 Å². The first-order valence-corrected chi connectivity index (χ1v) is 5.89. The fourth-order valence-electron chi connectivity index (χ4n) is 0.794. The topological polar surface area (TPSA) is 42.0 Å². The molecule has 1 N–H and O–H groups in total. The maximum absolute atomic E-state index is 11.2. The van der Waals surface area contributed by atoms with Crippen molar-refractivity contribution >= 4 is 17.2 Å². The lowest BCUT2D eigenvalue weighted by Crippen LogP contribution is -2.23. The molecular formula is C10H20N2OS. The van der Waals surface area contributed by atoms with Crippen molar-refractivity contribution in [1.29, 1.82) is 0 Å². The summed E-state index contributed by atoms with van der Waals surface area (Å²) in [6, 6.07) is 0. The van der Waals surface area contributed by atoms with Gasteiger partial charge in [-0.25, -0.2) is 0 Å². The standard InChI is InChI=1S/C8H12N2OS.C2H6.H2/c1-2-3-4-10-8(11)7-5-9-6-12-7;1-2;/h5-6H,2-4H2,1H3,(H,10,11);1-2H3;1H. The highest BCUT2D eigenvalue weighted by Gasteiger charge is 2.04. The molecule has 82 valence electrons. The Morgan fingerprint density at radius 1 is 1.64 bits per heavy atom. The molecule has 0 fully saturated rings. The first kappa shape index (κ1) is 13.1. The predicted octanol–water partition coefficient (Wildman–Crippen LogP) is 2.95. The van der Waals surface area contributed by atoms with Gasteiger partial charge in [0.2, 0.25) is 0 Å². The van der Waals surface area contributed by atoms with Crippen molar-refractivity contribution in [3.63, 3.8) is 0 Å². The van der Waals surface area contributed by atoms with Gasteiger partial charge in [-0.1, -0.05) is 27.2 Å². The van der Waals surface area contributed by atoms with E-state index in [1.807, 2.05) is 13.8 Å². The van der Waals surface area contributed by atoms with Gasteiger partial charge in [0.25, 0.3) is 5.91 Å². The minimum Gasteiger partial charge on any atom is -0.351 e. The van der Waals surface area contributed by atoms with Crippen LogP contribution in [0.2, 0.25) is 0 Å². The molecule has 0 aliphatic carbocycles. The number of carbonyl (C=O) groups is 1. The molecule has 3 nitrogen and oxygen atoms in total. The first-order valence-electron chi connectivity index (χ1n) is 5.01. The highest BCUT2D eigenvalue weighted by molar-refractivity contribution is 7.11. The lowest BCUT2D eigenvalue weighted by Gasteiger charge is -1.99. The molecule has 1 amide bonds.